The van der Waals surface area contributed by atoms with E-state index in [4.69, 9.17) is 0 Å². The molecule has 96 valence electrons. The number of carbonyl (C=O) groups is 1. The summed E-state index contributed by atoms with van der Waals surface area (Å²) in [4.78, 5) is 17.9. The van der Waals surface area contributed by atoms with Gasteiger partial charge in [0.2, 0.25) is 5.91 Å². The summed E-state index contributed by atoms with van der Waals surface area (Å²) >= 11 is 5.05. The van der Waals surface area contributed by atoms with Crippen LogP contribution >= 0.6 is 27.7 Å². The van der Waals surface area contributed by atoms with E-state index in [9.17, 15) is 4.79 Å². The Balaban J connectivity index is 1.93. The Bertz CT molecular complexity index is 459. The third-order valence-corrected chi connectivity index (χ3v) is 4.30. The number of halogens is 1. The van der Waals surface area contributed by atoms with Crippen LogP contribution in [0.1, 0.15) is 18.9 Å². The fourth-order valence-corrected chi connectivity index (χ4v) is 2.99. The number of hydrogen-bond donors (Lipinski definition) is 0. The van der Waals surface area contributed by atoms with Gasteiger partial charge in [-0.2, -0.15) is 0 Å². The molecule has 18 heavy (non-hydrogen) atoms. The van der Waals surface area contributed by atoms with Crippen LogP contribution in [0, 0.1) is 0 Å². The number of amidine groups is 1. The van der Waals surface area contributed by atoms with Crippen LogP contribution in [0.3, 0.4) is 0 Å². The van der Waals surface area contributed by atoms with E-state index >= 15 is 0 Å². The number of rotatable bonds is 3. The van der Waals surface area contributed by atoms with Gasteiger partial charge in [-0.3, -0.25) is 14.7 Å². The first-order chi connectivity index (χ1) is 8.70. The Kier molecular flexibility index (Phi) is 4.83. The molecule has 0 spiro atoms. The maximum absolute atomic E-state index is 11.7. The van der Waals surface area contributed by atoms with Gasteiger partial charge in [0.05, 0.1) is 6.54 Å². The molecule has 2 rings (SSSR count). The lowest BCUT2D eigenvalue weighted by atomic mass is 10.2. The van der Waals surface area contributed by atoms with Crippen LogP contribution in [0.15, 0.2) is 33.7 Å². The molecule has 0 saturated heterocycles. The summed E-state index contributed by atoms with van der Waals surface area (Å²) in [5, 5.41) is 0.866. The first-order valence-corrected chi connectivity index (χ1v) is 7.70. The second-order valence-electron chi connectivity index (χ2n) is 3.98. The molecule has 1 aliphatic rings. The number of benzene rings is 1. The van der Waals surface area contributed by atoms with Crippen molar-refractivity contribution >= 4 is 38.8 Å². The third kappa shape index (κ3) is 3.36. The molecule has 0 unspecified atom stereocenters. The Hall–Kier alpha value is -0.810. The molecule has 0 bridgehead atoms. The summed E-state index contributed by atoms with van der Waals surface area (Å²) in [7, 11) is 0. The van der Waals surface area contributed by atoms with Gasteiger partial charge in [-0.25, -0.2) is 0 Å². The molecule has 0 atom stereocenters. The Morgan fingerprint density at radius 2 is 2.17 bits per heavy atom. The predicted octanol–water partition coefficient (Wildman–Crippen LogP) is 3.29. The molecule has 0 radical (unpaired) electrons. The maximum atomic E-state index is 11.7. The summed E-state index contributed by atoms with van der Waals surface area (Å²) in [5.74, 6) is 1.01. The van der Waals surface area contributed by atoms with Gasteiger partial charge in [0.1, 0.15) is 0 Å². The molecule has 5 heteroatoms. The minimum Gasteiger partial charge on any atom is -0.290 e. The zero-order valence-corrected chi connectivity index (χ0v) is 12.6. The smallest absolute Gasteiger partial charge is 0.228 e. The van der Waals surface area contributed by atoms with E-state index in [0.29, 0.717) is 6.42 Å². The summed E-state index contributed by atoms with van der Waals surface area (Å²) < 4.78 is 1.08. The second kappa shape index (κ2) is 6.38. The van der Waals surface area contributed by atoms with Crippen LogP contribution in [-0.4, -0.2) is 29.1 Å². The van der Waals surface area contributed by atoms with Crippen molar-refractivity contribution in [2.45, 2.75) is 19.1 Å². The molecule has 0 fully saturated rings. The molecule has 1 amide bonds. The van der Waals surface area contributed by atoms with Crippen molar-refractivity contribution in [3.8, 4) is 0 Å². The van der Waals surface area contributed by atoms with Gasteiger partial charge >= 0.3 is 0 Å². The van der Waals surface area contributed by atoms with Crippen molar-refractivity contribution in [2.75, 3.05) is 13.1 Å². The maximum Gasteiger partial charge on any atom is 0.228 e. The molecular weight excluding hydrogens is 312 g/mol. The van der Waals surface area contributed by atoms with Gasteiger partial charge in [-0.15, -0.1) is 0 Å². The van der Waals surface area contributed by atoms with Gasteiger partial charge in [0, 0.05) is 23.2 Å². The second-order valence-corrected chi connectivity index (χ2v) is 5.84. The van der Waals surface area contributed by atoms with Crippen LogP contribution < -0.4 is 0 Å². The third-order valence-electron chi connectivity index (χ3n) is 2.69. The highest BCUT2D eigenvalue weighted by molar-refractivity contribution is 9.10. The molecule has 0 N–H and O–H groups in total. The topological polar surface area (TPSA) is 32.7 Å². The van der Waals surface area contributed by atoms with E-state index < -0.39 is 0 Å². The van der Waals surface area contributed by atoms with Crippen LogP contribution in [-0.2, 0) is 10.5 Å². The zero-order valence-electron chi connectivity index (χ0n) is 10.2. The van der Waals surface area contributed by atoms with Gasteiger partial charge in [0.25, 0.3) is 0 Å². The van der Waals surface area contributed by atoms with Crippen LogP contribution in [0.2, 0.25) is 0 Å². The Morgan fingerprint density at radius 3 is 2.83 bits per heavy atom. The van der Waals surface area contributed by atoms with Gasteiger partial charge in [-0.1, -0.05) is 46.7 Å². The van der Waals surface area contributed by atoms with Gasteiger partial charge in [-0.05, 0) is 17.7 Å². The number of aliphatic imine (C=N–C) groups is 1. The largest absolute Gasteiger partial charge is 0.290 e. The lowest BCUT2D eigenvalue weighted by Crippen LogP contribution is -2.32. The predicted molar refractivity (Wildman–Crippen MR) is 79.7 cm³/mol. The summed E-state index contributed by atoms with van der Waals surface area (Å²) in [6.07, 6.45) is 0.540. The number of hydrogen-bond acceptors (Lipinski definition) is 3. The SMILES string of the molecule is CCC(=O)N1CCN=C1SCc1ccc(Br)cc1. The molecular formula is C13H15BrN2OS. The van der Waals surface area contributed by atoms with Crippen LogP contribution in [0.4, 0.5) is 0 Å². The monoisotopic (exact) mass is 326 g/mol. The van der Waals surface area contributed by atoms with Crippen molar-refractivity contribution in [2.24, 2.45) is 4.99 Å². The number of carbonyl (C=O) groups excluding carboxylic acids is 1. The lowest BCUT2D eigenvalue weighted by molar-refractivity contribution is -0.126. The number of nitrogens with zero attached hydrogens (tertiary/aromatic N) is 2. The van der Waals surface area contributed by atoms with Crippen molar-refractivity contribution in [3.63, 3.8) is 0 Å². The molecule has 3 nitrogen and oxygen atoms in total. The molecule has 1 heterocycles. The average Bonchev–Trinajstić information content (AvgIpc) is 2.85. The van der Waals surface area contributed by atoms with E-state index in [1.165, 1.54) is 5.56 Å². The summed E-state index contributed by atoms with van der Waals surface area (Å²) in [6.45, 7) is 3.35. The van der Waals surface area contributed by atoms with Gasteiger partial charge in [0.15, 0.2) is 5.17 Å². The Morgan fingerprint density at radius 1 is 1.44 bits per heavy atom. The fourth-order valence-electron chi connectivity index (χ4n) is 1.70. The van der Waals surface area contributed by atoms with Gasteiger partial charge < -0.3 is 0 Å². The molecule has 0 aromatic heterocycles. The molecule has 0 aliphatic carbocycles. The van der Waals surface area contributed by atoms with Crippen molar-refractivity contribution < 1.29 is 4.79 Å². The standard InChI is InChI=1S/C13H15BrN2OS/c1-2-12(17)16-8-7-15-13(16)18-9-10-3-5-11(14)6-4-10/h3-6H,2,7-9H2,1H3. The quantitative estimate of drug-likeness (QED) is 0.853. The highest BCUT2D eigenvalue weighted by Crippen LogP contribution is 2.21. The minimum absolute atomic E-state index is 0.162. The first-order valence-electron chi connectivity index (χ1n) is 5.92. The summed E-state index contributed by atoms with van der Waals surface area (Å²) in [5.41, 5.74) is 1.24. The average molecular weight is 327 g/mol. The van der Waals surface area contributed by atoms with Crippen LogP contribution in [0.25, 0.3) is 0 Å². The van der Waals surface area contributed by atoms with E-state index in [1.54, 1.807) is 16.7 Å². The number of thioether (sulfide) groups is 1. The Labute approximate surface area is 120 Å². The van der Waals surface area contributed by atoms with Crippen molar-refractivity contribution in [1.82, 2.24) is 4.90 Å². The van der Waals surface area contributed by atoms with E-state index in [2.05, 4.69) is 33.1 Å². The highest BCUT2D eigenvalue weighted by atomic mass is 79.9. The van der Waals surface area contributed by atoms with Crippen LogP contribution in [0.5, 0.6) is 0 Å². The van der Waals surface area contributed by atoms with Crippen molar-refractivity contribution in [1.29, 1.82) is 0 Å². The molecule has 1 aromatic rings. The zero-order chi connectivity index (χ0) is 13.0. The molecule has 1 aromatic carbocycles. The minimum atomic E-state index is 0.162. The summed E-state index contributed by atoms with van der Waals surface area (Å²) in [6, 6.07) is 8.22. The lowest BCUT2D eigenvalue weighted by Gasteiger charge is -2.16. The number of amides is 1. The first kappa shape index (κ1) is 13.6. The van der Waals surface area contributed by atoms with E-state index in [1.807, 2.05) is 19.1 Å². The fraction of sp³-hybridized carbons (Fsp3) is 0.385. The van der Waals surface area contributed by atoms with E-state index in [-0.39, 0.29) is 5.91 Å². The highest BCUT2D eigenvalue weighted by Gasteiger charge is 2.22. The molecule has 1 aliphatic heterocycles. The molecule has 0 saturated carbocycles. The normalized spacial score (nSPS) is 14.8. The van der Waals surface area contributed by atoms with E-state index in [0.717, 1.165) is 28.5 Å². The van der Waals surface area contributed by atoms with Crippen molar-refractivity contribution in [3.05, 3.63) is 34.3 Å².